The van der Waals surface area contributed by atoms with Crippen LogP contribution in [0.3, 0.4) is 0 Å². The number of rotatable bonds is 6. The standard InChI is InChI=1S/C14H19N3O3/c1-9(10-5-6-10)14(18)16-11-3-2-4-12(7-11)20-8-13(15)17-19/h2-4,7,9-10,19H,5-6,8H2,1H3,(H2,15,17)(H,16,18). The van der Waals surface area contributed by atoms with Gasteiger partial charge in [-0.1, -0.05) is 18.1 Å². The Hall–Kier alpha value is -2.24. The van der Waals surface area contributed by atoms with Crippen molar-refractivity contribution in [3.8, 4) is 5.75 Å². The topological polar surface area (TPSA) is 96.9 Å². The van der Waals surface area contributed by atoms with Crippen LogP contribution in [-0.4, -0.2) is 23.6 Å². The molecule has 1 saturated carbocycles. The van der Waals surface area contributed by atoms with Crippen LogP contribution in [0.25, 0.3) is 0 Å². The van der Waals surface area contributed by atoms with Crippen molar-refractivity contribution in [3.05, 3.63) is 24.3 Å². The first-order valence-electron chi connectivity index (χ1n) is 6.60. The van der Waals surface area contributed by atoms with E-state index in [1.54, 1.807) is 24.3 Å². The molecule has 0 bridgehead atoms. The van der Waals surface area contributed by atoms with Crippen LogP contribution in [0.4, 0.5) is 5.69 Å². The summed E-state index contributed by atoms with van der Waals surface area (Å²) in [4.78, 5) is 12.0. The summed E-state index contributed by atoms with van der Waals surface area (Å²) in [7, 11) is 0. The molecule has 1 unspecified atom stereocenters. The van der Waals surface area contributed by atoms with Crippen molar-refractivity contribution in [2.75, 3.05) is 11.9 Å². The van der Waals surface area contributed by atoms with Gasteiger partial charge in [0.1, 0.15) is 12.4 Å². The lowest BCUT2D eigenvalue weighted by Crippen LogP contribution is -2.22. The van der Waals surface area contributed by atoms with Crippen LogP contribution in [0.5, 0.6) is 5.75 Å². The predicted octanol–water partition coefficient (Wildman–Crippen LogP) is 1.80. The molecule has 2 rings (SSSR count). The number of amides is 1. The summed E-state index contributed by atoms with van der Waals surface area (Å²) in [5.41, 5.74) is 6.00. The normalized spacial score (nSPS) is 16.6. The van der Waals surface area contributed by atoms with Gasteiger partial charge in [0.25, 0.3) is 0 Å². The van der Waals surface area contributed by atoms with E-state index in [4.69, 9.17) is 15.7 Å². The van der Waals surface area contributed by atoms with Gasteiger partial charge < -0.3 is 21.0 Å². The van der Waals surface area contributed by atoms with E-state index in [2.05, 4.69) is 10.5 Å². The molecular weight excluding hydrogens is 258 g/mol. The second-order valence-electron chi connectivity index (χ2n) is 5.02. The van der Waals surface area contributed by atoms with E-state index in [1.165, 1.54) is 0 Å². The van der Waals surface area contributed by atoms with Gasteiger partial charge in [0.15, 0.2) is 5.84 Å². The molecule has 1 aromatic rings. The number of anilines is 1. The maximum absolute atomic E-state index is 12.0. The minimum absolute atomic E-state index is 0.00756. The van der Waals surface area contributed by atoms with Crippen molar-refractivity contribution in [3.63, 3.8) is 0 Å². The monoisotopic (exact) mass is 277 g/mol. The van der Waals surface area contributed by atoms with Crippen molar-refractivity contribution in [1.82, 2.24) is 0 Å². The van der Waals surface area contributed by atoms with E-state index in [1.807, 2.05) is 6.92 Å². The van der Waals surface area contributed by atoms with Crippen molar-refractivity contribution < 1.29 is 14.7 Å². The van der Waals surface area contributed by atoms with E-state index in [-0.39, 0.29) is 24.3 Å². The Morgan fingerprint density at radius 3 is 3.00 bits per heavy atom. The highest BCUT2D eigenvalue weighted by Crippen LogP contribution is 2.37. The first-order valence-corrected chi connectivity index (χ1v) is 6.60. The second-order valence-corrected chi connectivity index (χ2v) is 5.02. The number of hydrogen-bond acceptors (Lipinski definition) is 4. The SMILES string of the molecule is CC(C(=O)Nc1cccc(OC/C(N)=N/O)c1)C1CC1. The molecule has 1 fully saturated rings. The Kier molecular flexibility index (Phi) is 4.45. The van der Waals surface area contributed by atoms with Crippen molar-refractivity contribution in [2.24, 2.45) is 22.7 Å². The Labute approximate surface area is 117 Å². The fourth-order valence-corrected chi connectivity index (χ4v) is 1.92. The van der Waals surface area contributed by atoms with Crippen LogP contribution < -0.4 is 15.8 Å². The van der Waals surface area contributed by atoms with Gasteiger partial charge in [-0.2, -0.15) is 0 Å². The van der Waals surface area contributed by atoms with Crippen LogP contribution in [0, 0.1) is 11.8 Å². The third-order valence-electron chi connectivity index (χ3n) is 3.36. The molecule has 0 radical (unpaired) electrons. The maximum Gasteiger partial charge on any atom is 0.227 e. The first-order chi connectivity index (χ1) is 9.60. The van der Waals surface area contributed by atoms with Gasteiger partial charge in [-0.3, -0.25) is 4.79 Å². The molecule has 0 saturated heterocycles. The molecule has 1 amide bonds. The quantitative estimate of drug-likeness (QED) is 0.319. The molecule has 0 aliphatic heterocycles. The molecule has 0 heterocycles. The van der Waals surface area contributed by atoms with E-state index in [0.717, 1.165) is 12.8 Å². The predicted molar refractivity (Wildman–Crippen MR) is 75.9 cm³/mol. The zero-order valence-electron chi connectivity index (χ0n) is 11.4. The Morgan fingerprint density at radius 2 is 2.35 bits per heavy atom. The number of nitrogens with zero attached hydrogens (tertiary/aromatic N) is 1. The maximum atomic E-state index is 12.0. The average molecular weight is 277 g/mol. The molecule has 20 heavy (non-hydrogen) atoms. The van der Waals surface area contributed by atoms with Gasteiger partial charge in [0.2, 0.25) is 5.91 Å². The lowest BCUT2D eigenvalue weighted by atomic mass is 10.1. The Balaban J connectivity index is 1.93. The third-order valence-corrected chi connectivity index (χ3v) is 3.36. The molecule has 1 aliphatic carbocycles. The van der Waals surface area contributed by atoms with Gasteiger partial charge in [0.05, 0.1) is 0 Å². The number of nitrogens with one attached hydrogen (secondary N) is 1. The molecule has 0 aromatic heterocycles. The van der Waals surface area contributed by atoms with E-state index >= 15 is 0 Å². The smallest absolute Gasteiger partial charge is 0.227 e. The van der Waals surface area contributed by atoms with Crippen LogP contribution in [-0.2, 0) is 4.79 Å². The second kappa shape index (κ2) is 6.27. The summed E-state index contributed by atoms with van der Waals surface area (Å²) >= 11 is 0. The van der Waals surface area contributed by atoms with E-state index in [0.29, 0.717) is 17.4 Å². The van der Waals surface area contributed by atoms with Crippen molar-refractivity contribution in [1.29, 1.82) is 0 Å². The fourth-order valence-electron chi connectivity index (χ4n) is 1.92. The van der Waals surface area contributed by atoms with Gasteiger partial charge in [-0.15, -0.1) is 0 Å². The number of carbonyl (C=O) groups excluding carboxylic acids is 1. The zero-order chi connectivity index (χ0) is 14.5. The number of carbonyl (C=O) groups is 1. The zero-order valence-corrected chi connectivity index (χ0v) is 11.4. The Bertz CT molecular complexity index is 512. The molecule has 6 nitrogen and oxygen atoms in total. The van der Waals surface area contributed by atoms with E-state index in [9.17, 15) is 4.79 Å². The summed E-state index contributed by atoms with van der Waals surface area (Å²) in [5.74, 6) is 1.13. The number of amidine groups is 1. The highest BCUT2D eigenvalue weighted by Gasteiger charge is 2.32. The summed E-state index contributed by atoms with van der Waals surface area (Å²) in [5, 5.41) is 14.1. The molecule has 108 valence electrons. The minimum Gasteiger partial charge on any atom is -0.485 e. The molecular formula is C14H19N3O3. The lowest BCUT2D eigenvalue weighted by molar-refractivity contribution is -0.119. The molecule has 1 atom stereocenters. The van der Waals surface area contributed by atoms with Gasteiger partial charge in [-0.25, -0.2) is 0 Å². The third kappa shape index (κ3) is 3.88. The minimum atomic E-state index is -0.0122. The molecule has 6 heteroatoms. The van der Waals surface area contributed by atoms with Crippen LogP contribution in [0.2, 0.25) is 0 Å². The summed E-state index contributed by atoms with van der Waals surface area (Å²) in [6, 6.07) is 7.03. The van der Waals surface area contributed by atoms with Crippen LogP contribution >= 0.6 is 0 Å². The number of benzene rings is 1. The molecule has 1 aliphatic rings. The van der Waals surface area contributed by atoms with Crippen molar-refractivity contribution in [2.45, 2.75) is 19.8 Å². The highest BCUT2D eigenvalue weighted by atomic mass is 16.5. The van der Waals surface area contributed by atoms with Crippen LogP contribution in [0.1, 0.15) is 19.8 Å². The number of oxime groups is 1. The fraction of sp³-hybridized carbons (Fsp3) is 0.429. The average Bonchev–Trinajstić information content (AvgIpc) is 3.28. The number of ether oxygens (including phenoxy) is 1. The summed E-state index contributed by atoms with van der Waals surface area (Å²) in [6.07, 6.45) is 2.27. The number of hydrogen-bond donors (Lipinski definition) is 3. The van der Waals surface area contributed by atoms with Crippen molar-refractivity contribution >= 4 is 17.4 Å². The van der Waals surface area contributed by atoms with Gasteiger partial charge in [0, 0.05) is 17.7 Å². The summed E-state index contributed by atoms with van der Waals surface area (Å²) in [6.45, 7) is 1.94. The first kappa shape index (κ1) is 14.2. The summed E-state index contributed by atoms with van der Waals surface area (Å²) < 4.78 is 5.33. The Morgan fingerprint density at radius 1 is 1.60 bits per heavy atom. The van der Waals surface area contributed by atoms with Crippen LogP contribution in [0.15, 0.2) is 29.4 Å². The van der Waals surface area contributed by atoms with Gasteiger partial charge in [-0.05, 0) is 30.9 Å². The molecule has 4 N–H and O–H groups in total. The van der Waals surface area contributed by atoms with E-state index < -0.39 is 0 Å². The highest BCUT2D eigenvalue weighted by molar-refractivity contribution is 5.92. The lowest BCUT2D eigenvalue weighted by Gasteiger charge is -2.12. The molecule has 1 aromatic carbocycles. The largest absolute Gasteiger partial charge is 0.485 e. The van der Waals surface area contributed by atoms with Gasteiger partial charge >= 0.3 is 0 Å². The number of nitrogens with two attached hydrogens (primary N) is 1. The molecule has 0 spiro atoms.